The Kier molecular flexibility index (Phi) is 4.21. The third-order valence-corrected chi connectivity index (χ3v) is 3.75. The molecule has 0 unspecified atom stereocenters. The molecular weight excluding hydrogens is 254 g/mol. The summed E-state index contributed by atoms with van der Waals surface area (Å²) >= 11 is 1.83. The van der Waals surface area contributed by atoms with Gasteiger partial charge in [-0.15, -0.1) is 11.8 Å². The standard InChI is InChI=1S/C15H23N3S/c1-11(2)19-14-12(10-16-15(3,4)5)18-9-7-6-8-13(18)17-14/h6-9,11,16H,10H2,1-5H3. The van der Waals surface area contributed by atoms with Crippen LogP contribution in [-0.2, 0) is 6.54 Å². The van der Waals surface area contributed by atoms with Gasteiger partial charge in [-0.1, -0.05) is 19.9 Å². The maximum absolute atomic E-state index is 4.74. The summed E-state index contributed by atoms with van der Waals surface area (Å²) in [5.41, 5.74) is 2.39. The van der Waals surface area contributed by atoms with Gasteiger partial charge in [-0.05, 0) is 32.9 Å². The van der Waals surface area contributed by atoms with Crippen molar-refractivity contribution >= 4 is 17.4 Å². The Bertz CT molecular complexity index is 552. The van der Waals surface area contributed by atoms with Gasteiger partial charge < -0.3 is 9.72 Å². The van der Waals surface area contributed by atoms with E-state index < -0.39 is 0 Å². The molecule has 3 nitrogen and oxygen atoms in total. The zero-order valence-electron chi connectivity index (χ0n) is 12.4. The minimum Gasteiger partial charge on any atom is -0.306 e. The van der Waals surface area contributed by atoms with Crippen molar-refractivity contribution in [3.05, 3.63) is 30.1 Å². The normalized spacial score (nSPS) is 12.5. The van der Waals surface area contributed by atoms with Crippen LogP contribution in [0.2, 0.25) is 0 Å². The van der Waals surface area contributed by atoms with E-state index in [0.717, 1.165) is 17.2 Å². The predicted octanol–water partition coefficient (Wildman–Crippen LogP) is 3.72. The van der Waals surface area contributed by atoms with Crippen LogP contribution in [0, 0.1) is 0 Å². The first-order chi connectivity index (χ1) is 8.87. The van der Waals surface area contributed by atoms with E-state index in [-0.39, 0.29) is 5.54 Å². The summed E-state index contributed by atoms with van der Waals surface area (Å²) in [6.07, 6.45) is 2.09. The van der Waals surface area contributed by atoms with Crippen LogP contribution in [0.1, 0.15) is 40.3 Å². The molecule has 0 spiro atoms. The molecule has 1 N–H and O–H groups in total. The van der Waals surface area contributed by atoms with E-state index in [4.69, 9.17) is 4.98 Å². The maximum Gasteiger partial charge on any atom is 0.138 e. The molecule has 0 radical (unpaired) electrons. The van der Waals surface area contributed by atoms with Gasteiger partial charge in [0.2, 0.25) is 0 Å². The van der Waals surface area contributed by atoms with Crippen LogP contribution in [0.4, 0.5) is 0 Å². The molecule has 0 aliphatic rings. The molecule has 0 bridgehead atoms. The van der Waals surface area contributed by atoms with Crippen LogP contribution >= 0.6 is 11.8 Å². The number of imidazole rings is 1. The lowest BCUT2D eigenvalue weighted by atomic mass is 10.1. The van der Waals surface area contributed by atoms with Crippen molar-refractivity contribution in [3.8, 4) is 0 Å². The van der Waals surface area contributed by atoms with E-state index in [9.17, 15) is 0 Å². The van der Waals surface area contributed by atoms with Crippen LogP contribution < -0.4 is 5.32 Å². The van der Waals surface area contributed by atoms with Gasteiger partial charge in [-0.2, -0.15) is 0 Å². The van der Waals surface area contributed by atoms with Crippen molar-refractivity contribution < 1.29 is 0 Å². The molecule has 0 fully saturated rings. The van der Waals surface area contributed by atoms with Crippen LogP contribution in [0.25, 0.3) is 5.65 Å². The number of rotatable bonds is 4. The number of thioether (sulfide) groups is 1. The highest BCUT2D eigenvalue weighted by molar-refractivity contribution is 7.99. The Morgan fingerprint density at radius 1 is 1.32 bits per heavy atom. The van der Waals surface area contributed by atoms with E-state index in [1.54, 1.807) is 0 Å². The molecule has 2 heterocycles. The van der Waals surface area contributed by atoms with Crippen LogP contribution in [-0.4, -0.2) is 20.2 Å². The highest BCUT2D eigenvalue weighted by Crippen LogP contribution is 2.27. The molecule has 0 aromatic carbocycles. The summed E-state index contributed by atoms with van der Waals surface area (Å²) in [5.74, 6) is 0. The fourth-order valence-electron chi connectivity index (χ4n) is 1.85. The first kappa shape index (κ1) is 14.4. The van der Waals surface area contributed by atoms with Crippen molar-refractivity contribution in [2.45, 2.75) is 57.0 Å². The van der Waals surface area contributed by atoms with Crippen LogP contribution in [0.15, 0.2) is 29.4 Å². The largest absolute Gasteiger partial charge is 0.306 e. The van der Waals surface area contributed by atoms with Gasteiger partial charge in [0.1, 0.15) is 10.7 Å². The number of aromatic nitrogens is 2. The second-order valence-corrected chi connectivity index (χ2v) is 7.63. The van der Waals surface area contributed by atoms with Crippen LogP contribution in [0.5, 0.6) is 0 Å². The van der Waals surface area contributed by atoms with Crippen molar-refractivity contribution in [1.82, 2.24) is 14.7 Å². The van der Waals surface area contributed by atoms with E-state index in [0.29, 0.717) is 5.25 Å². The molecule has 4 heteroatoms. The van der Waals surface area contributed by atoms with E-state index in [2.05, 4.69) is 62.7 Å². The number of pyridine rings is 1. The number of hydrogen-bond acceptors (Lipinski definition) is 3. The molecule has 0 atom stereocenters. The minimum absolute atomic E-state index is 0.110. The predicted molar refractivity (Wildman–Crippen MR) is 82.8 cm³/mol. The molecule has 2 aromatic heterocycles. The lowest BCUT2D eigenvalue weighted by Crippen LogP contribution is -2.35. The smallest absolute Gasteiger partial charge is 0.138 e. The summed E-state index contributed by atoms with van der Waals surface area (Å²) in [4.78, 5) is 4.74. The first-order valence-corrected chi connectivity index (χ1v) is 7.62. The minimum atomic E-state index is 0.110. The highest BCUT2D eigenvalue weighted by atomic mass is 32.2. The van der Waals surface area contributed by atoms with Crippen molar-refractivity contribution in [3.63, 3.8) is 0 Å². The second kappa shape index (κ2) is 5.55. The lowest BCUT2D eigenvalue weighted by molar-refractivity contribution is 0.418. The molecule has 0 amide bonds. The summed E-state index contributed by atoms with van der Waals surface area (Å²) in [6, 6.07) is 6.15. The molecular formula is C15H23N3S. The molecule has 2 rings (SSSR count). The van der Waals surface area contributed by atoms with Crippen molar-refractivity contribution in [2.24, 2.45) is 0 Å². The zero-order chi connectivity index (χ0) is 14.0. The third kappa shape index (κ3) is 3.74. The molecule has 2 aromatic rings. The Hall–Kier alpha value is -1.00. The third-order valence-electron chi connectivity index (χ3n) is 2.73. The van der Waals surface area contributed by atoms with Crippen LogP contribution in [0.3, 0.4) is 0 Å². The second-order valence-electron chi connectivity index (χ2n) is 6.06. The monoisotopic (exact) mass is 277 g/mol. The Morgan fingerprint density at radius 2 is 2.05 bits per heavy atom. The van der Waals surface area contributed by atoms with Crippen molar-refractivity contribution in [2.75, 3.05) is 0 Å². The Balaban J connectivity index is 2.36. The number of nitrogens with one attached hydrogen (secondary N) is 1. The fourth-order valence-corrected chi connectivity index (χ4v) is 2.75. The van der Waals surface area contributed by atoms with E-state index >= 15 is 0 Å². The van der Waals surface area contributed by atoms with Gasteiger partial charge in [-0.3, -0.25) is 0 Å². The van der Waals surface area contributed by atoms with Gasteiger partial charge in [-0.25, -0.2) is 4.98 Å². The summed E-state index contributed by atoms with van der Waals surface area (Å²) in [7, 11) is 0. The lowest BCUT2D eigenvalue weighted by Gasteiger charge is -2.20. The van der Waals surface area contributed by atoms with Crippen molar-refractivity contribution in [1.29, 1.82) is 0 Å². The molecule has 0 saturated carbocycles. The Labute approximate surface area is 119 Å². The van der Waals surface area contributed by atoms with E-state index in [1.807, 2.05) is 17.8 Å². The van der Waals surface area contributed by atoms with Gasteiger partial charge in [0, 0.05) is 23.5 Å². The summed E-state index contributed by atoms with van der Waals surface area (Å²) in [5, 5.41) is 5.23. The average Bonchev–Trinajstić information content (AvgIpc) is 2.61. The number of hydrogen-bond donors (Lipinski definition) is 1. The quantitative estimate of drug-likeness (QED) is 0.864. The highest BCUT2D eigenvalue weighted by Gasteiger charge is 2.16. The van der Waals surface area contributed by atoms with Gasteiger partial charge >= 0.3 is 0 Å². The summed E-state index contributed by atoms with van der Waals surface area (Å²) in [6.45, 7) is 11.8. The zero-order valence-corrected chi connectivity index (χ0v) is 13.2. The van der Waals surface area contributed by atoms with Gasteiger partial charge in [0.05, 0.1) is 5.69 Å². The topological polar surface area (TPSA) is 29.3 Å². The van der Waals surface area contributed by atoms with Gasteiger partial charge in [0.25, 0.3) is 0 Å². The molecule has 19 heavy (non-hydrogen) atoms. The molecule has 0 aliphatic carbocycles. The van der Waals surface area contributed by atoms with Gasteiger partial charge in [0.15, 0.2) is 0 Å². The number of nitrogens with zero attached hydrogens (tertiary/aromatic N) is 2. The average molecular weight is 277 g/mol. The maximum atomic E-state index is 4.74. The number of fused-ring (bicyclic) bond motifs is 1. The summed E-state index contributed by atoms with van der Waals surface area (Å²) < 4.78 is 2.18. The molecule has 104 valence electrons. The fraction of sp³-hybridized carbons (Fsp3) is 0.533. The van der Waals surface area contributed by atoms with E-state index in [1.165, 1.54) is 5.69 Å². The Morgan fingerprint density at radius 3 is 2.68 bits per heavy atom. The first-order valence-electron chi connectivity index (χ1n) is 6.74. The SMILES string of the molecule is CC(C)Sc1nc2ccccn2c1CNC(C)(C)C. The molecule has 0 aliphatic heterocycles. The molecule has 0 saturated heterocycles.